The van der Waals surface area contributed by atoms with E-state index in [-0.39, 0.29) is 12.3 Å². The average molecular weight is 405 g/mol. The Hall–Kier alpha value is -3.12. The van der Waals surface area contributed by atoms with E-state index >= 15 is 0 Å². The summed E-state index contributed by atoms with van der Waals surface area (Å²) in [6.45, 7) is 5.07. The fourth-order valence-corrected chi connectivity index (χ4v) is 4.12. The Morgan fingerprint density at radius 2 is 2.00 bits per heavy atom. The van der Waals surface area contributed by atoms with Crippen molar-refractivity contribution >= 4 is 16.9 Å². The number of hydrogen-bond donors (Lipinski definition) is 1. The number of pyridine rings is 1. The molecule has 2 heterocycles. The highest BCUT2D eigenvalue weighted by Gasteiger charge is 2.32. The number of aryl methyl sites for hydroxylation is 1. The molecule has 156 valence electrons. The summed E-state index contributed by atoms with van der Waals surface area (Å²) >= 11 is 0. The van der Waals surface area contributed by atoms with Crippen LogP contribution in [0.3, 0.4) is 0 Å². The monoisotopic (exact) mass is 405 g/mol. The Morgan fingerprint density at radius 1 is 1.20 bits per heavy atom. The van der Waals surface area contributed by atoms with Crippen LogP contribution in [0.25, 0.3) is 22.0 Å². The topological polar surface area (TPSA) is 77.7 Å². The molecule has 1 aliphatic heterocycles. The number of piperidine rings is 1. The number of nitrogens with two attached hydrogens (primary N) is 1. The van der Waals surface area contributed by atoms with Crippen molar-refractivity contribution in [3.05, 3.63) is 60.3 Å². The van der Waals surface area contributed by atoms with E-state index < -0.39 is 6.03 Å². The van der Waals surface area contributed by atoms with Crippen molar-refractivity contribution in [3.8, 4) is 16.9 Å². The smallest absolute Gasteiger partial charge is 0.316 e. The maximum Gasteiger partial charge on any atom is 0.316 e. The summed E-state index contributed by atoms with van der Waals surface area (Å²) in [7, 11) is 0. The van der Waals surface area contributed by atoms with Gasteiger partial charge in [-0.1, -0.05) is 30.3 Å². The van der Waals surface area contributed by atoms with Gasteiger partial charge in [0, 0.05) is 37.6 Å². The second-order valence-electron chi connectivity index (χ2n) is 7.54. The van der Waals surface area contributed by atoms with Crippen LogP contribution < -0.4 is 10.5 Å². The summed E-state index contributed by atoms with van der Waals surface area (Å²) in [4.78, 5) is 17.7. The first-order chi connectivity index (χ1) is 14.6. The highest BCUT2D eigenvalue weighted by molar-refractivity contribution is 5.88. The van der Waals surface area contributed by atoms with Gasteiger partial charge in [0.2, 0.25) is 0 Å². The number of aromatic nitrogens is 1. The molecule has 1 fully saturated rings. The SMILES string of the molecule is CCOC1CC(Oc2ccc(-c3ccc4cccnc4c3C)cc2)CCN1C(N)=O. The van der Waals surface area contributed by atoms with Gasteiger partial charge in [0.15, 0.2) is 0 Å². The quantitative estimate of drug-likeness (QED) is 0.678. The van der Waals surface area contributed by atoms with Crippen molar-refractivity contribution < 1.29 is 14.3 Å². The lowest BCUT2D eigenvalue weighted by atomic mass is 9.98. The van der Waals surface area contributed by atoms with Crippen molar-refractivity contribution in [1.82, 2.24) is 9.88 Å². The van der Waals surface area contributed by atoms with E-state index in [0.717, 1.165) is 28.6 Å². The molecule has 0 bridgehead atoms. The van der Waals surface area contributed by atoms with Crippen molar-refractivity contribution in [3.63, 3.8) is 0 Å². The summed E-state index contributed by atoms with van der Waals surface area (Å²) in [6, 6.07) is 16.0. The third-order valence-electron chi connectivity index (χ3n) is 5.64. The van der Waals surface area contributed by atoms with Gasteiger partial charge in [0.1, 0.15) is 18.1 Å². The molecule has 6 nitrogen and oxygen atoms in total. The Bertz CT molecular complexity index is 1040. The summed E-state index contributed by atoms with van der Waals surface area (Å²) in [5.41, 5.74) is 9.95. The Kier molecular flexibility index (Phi) is 5.86. The zero-order chi connectivity index (χ0) is 21.1. The highest BCUT2D eigenvalue weighted by atomic mass is 16.5. The number of fused-ring (bicyclic) bond motifs is 1. The predicted molar refractivity (Wildman–Crippen MR) is 117 cm³/mol. The Balaban J connectivity index is 1.48. The van der Waals surface area contributed by atoms with E-state index in [9.17, 15) is 4.79 Å². The zero-order valence-corrected chi connectivity index (χ0v) is 17.4. The van der Waals surface area contributed by atoms with Crippen LogP contribution in [0.4, 0.5) is 4.79 Å². The highest BCUT2D eigenvalue weighted by Crippen LogP contribution is 2.31. The first kappa shape index (κ1) is 20.2. The molecule has 2 aromatic carbocycles. The average Bonchev–Trinajstić information content (AvgIpc) is 2.75. The van der Waals surface area contributed by atoms with Crippen LogP contribution in [0.1, 0.15) is 25.3 Å². The van der Waals surface area contributed by atoms with Crippen molar-refractivity contribution in [2.45, 2.75) is 39.0 Å². The van der Waals surface area contributed by atoms with Gasteiger partial charge in [-0.3, -0.25) is 9.88 Å². The first-order valence-electron chi connectivity index (χ1n) is 10.4. The van der Waals surface area contributed by atoms with Gasteiger partial charge in [-0.25, -0.2) is 4.79 Å². The van der Waals surface area contributed by atoms with E-state index in [4.69, 9.17) is 15.2 Å². The molecule has 3 aromatic rings. The molecule has 2 atom stereocenters. The number of ether oxygens (including phenoxy) is 2. The van der Waals surface area contributed by atoms with Gasteiger partial charge in [-0.15, -0.1) is 0 Å². The number of urea groups is 1. The van der Waals surface area contributed by atoms with E-state index in [2.05, 4.69) is 42.2 Å². The van der Waals surface area contributed by atoms with E-state index in [1.54, 1.807) is 4.90 Å². The lowest BCUT2D eigenvalue weighted by Crippen LogP contribution is -2.52. The largest absolute Gasteiger partial charge is 0.490 e. The lowest BCUT2D eigenvalue weighted by molar-refractivity contribution is -0.0777. The molecule has 0 radical (unpaired) electrons. The van der Waals surface area contributed by atoms with Crippen molar-refractivity contribution in [2.24, 2.45) is 5.73 Å². The van der Waals surface area contributed by atoms with Gasteiger partial charge in [0.05, 0.1) is 5.52 Å². The summed E-state index contributed by atoms with van der Waals surface area (Å²) in [5.74, 6) is 0.808. The second kappa shape index (κ2) is 8.71. The number of nitrogens with zero attached hydrogens (tertiary/aromatic N) is 2. The molecule has 0 aliphatic carbocycles. The number of benzene rings is 2. The van der Waals surface area contributed by atoms with Crippen LogP contribution in [0.2, 0.25) is 0 Å². The lowest BCUT2D eigenvalue weighted by Gasteiger charge is -2.37. The fraction of sp³-hybridized carbons (Fsp3) is 0.333. The van der Waals surface area contributed by atoms with Crippen LogP contribution in [-0.4, -0.2) is 41.4 Å². The summed E-state index contributed by atoms with van der Waals surface area (Å²) < 4.78 is 11.9. The minimum atomic E-state index is -0.448. The first-order valence-corrected chi connectivity index (χ1v) is 10.4. The number of likely N-dealkylation sites (tertiary alicyclic amines) is 1. The third-order valence-corrected chi connectivity index (χ3v) is 5.64. The Morgan fingerprint density at radius 3 is 2.73 bits per heavy atom. The van der Waals surface area contributed by atoms with Crippen molar-refractivity contribution in [2.75, 3.05) is 13.2 Å². The number of primary amides is 1. The molecule has 2 N–H and O–H groups in total. The maximum absolute atomic E-state index is 11.6. The van der Waals surface area contributed by atoms with Crippen molar-refractivity contribution in [1.29, 1.82) is 0 Å². The number of rotatable bonds is 5. The van der Waals surface area contributed by atoms with Gasteiger partial charge in [0.25, 0.3) is 0 Å². The molecule has 2 amide bonds. The molecular weight excluding hydrogens is 378 g/mol. The molecule has 1 saturated heterocycles. The van der Waals surface area contributed by atoms with Crippen LogP contribution in [0.5, 0.6) is 5.75 Å². The number of hydrogen-bond acceptors (Lipinski definition) is 4. The van der Waals surface area contributed by atoms with E-state index in [0.29, 0.717) is 19.6 Å². The standard InChI is InChI=1S/C24H27N3O3/c1-3-29-22-15-20(12-14-27(22)24(25)28)30-19-9-6-17(7-10-19)21-11-8-18-5-4-13-26-23(18)16(21)2/h4-11,13,20,22H,3,12,14-15H2,1-2H3,(H2,25,28). The molecule has 2 unspecified atom stereocenters. The molecular formula is C24H27N3O3. The van der Waals surface area contributed by atoms with Crippen LogP contribution in [-0.2, 0) is 4.74 Å². The van der Waals surface area contributed by atoms with Gasteiger partial charge in [-0.05, 0) is 48.7 Å². The van der Waals surface area contributed by atoms with Gasteiger partial charge in [-0.2, -0.15) is 0 Å². The molecule has 0 saturated carbocycles. The molecule has 0 spiro atoms. The Labute approximate surface area is 176 Å². The molecule has 4 rings (SSSR count). The van der Waals surface area contributed by atoms with E-state index in [1.807, 2.05) is 31.3 Å². The third kappa shape index (κ3) is 4.09. The summed E-state index contributed by atoms with van der Waals surface area (Å²) in [5, 5.41) is 1.14. The minimum Gasteiger partial charge on any atom is -0.490 e. The van der Waals surface area contributed by atoms with Crippen LogP contribution in [0, 0.1) is 6.92 Å². The molecule has 1 aromatic heterocycles. The predicted octanol–water partition coefficient (Wildman–Crippen LogP) is 4.49. The minimum absolute atomic E-state index is 0.0189. The number of carbonyl (C=O) groups excluding carboxylic acids is 1. The fourth-order valence-electron chi connectivity index (χ4n) is 4.12. The summed E-state index contributed by atoms with van der Waals surface area (Å²) in [6.07, 6.45) is 2.81. The van der Waals surface area contributed by atoms with Gasteiger partial charge < -0.3 is 15.2 Å². The van der Waals surface area contributed by atoms with E-state index in [1.165, 1.54) is 11.1 Å². The molecule has 30 heavy (non-hydrogen) atoms. The normalized spacial score (nSPS) is 19.1. The van der Waals surface area contributed by atoms with Crippen LogP contribution in [0.15, 0.2) is 54.7 Å². The molecule has 6 heteroatoms. The number of carbonyl (C=O) groups is 1. The second-order valence-corrected chi connectivity index (χ2v) is 7.54. The van der Waals surface area contributed by atoms with Crippen LogP contribution >= 0.6 is 0 Å². The zero-order valence-electron chi connectivity index (χ0n) is 17.4. The maximum atomic E-state index is 11.6. The number of amides is 2. The molecule has 1 aliphatic rings. The van der Waals surface area contributed by atoms with Gasteiger partial charge >= 0.3 is 6.03 Å².